The molecule has 3 N–H and O–H groups in total. The molecular weight excluding hydrogens is 317 g/mol. The van der Waals surface area contributed by atoms with Crippen LogP contribution in [-0.2, 0) is 11.0 Å². The van der Waals surface area contributed by atoms with Gasteiger partial charge in [-0.25, -0.2) is 0 Å². The molecule has 0 spiro atoms. The summed E-state index contributed by atoms with van der Waals surface area (Å²) in [5, 5.41) is 2.82. The number of rotatable bonds is 3. The second-order valence-electron chi connectivity index (χ2n) is 6.14. The maximum atomic E-state index is 12.8. The molecule has 0 aromatic heterocycles. The number of benzene rings is 2. The summed E-state index contributed by atoms with van der Waals surface area (Å²) in [6, 6.07) is 10.4. The molecule has 126 valence electrons. The van der Waals surface area contributed by atoms with E-state index in [2.05, 4.69) is 5.32 Å². The monoisotopic (exact) mass is 334 g/mol. The van der Waals surface area contributed by atoms with Gasteiger partial charge in [0.25, 0.3) is 0 Å². The minimum absolute atomic E-state index is 0.173. The van der Waals surface area contributed by atoms with Gasteiger partial charge in [0.05, 0.1) is 5.56 Å². The van der Waals surface area contributed by atoms with Crippen LogP contribution in [0.15, 0.2) is 42.5 Å². The number of anilines is 2. The van der Waals surface area contributed by atoms with Crippen molar-refractivity contribution >= 4 is 17.3 Å². The third-order valence-electron chi connectivity index (χ3n) is 4.29. The zero-order chi connectivity index (χ0) is 17.5. The largest absolute Gasteiger partial charge is 0.416 e. The Labute approximate surface area is 137 Å². The minimum Gasteiger partial charge on any atom is -0.399 e. The van der Waals surface area contributed by atoms with E-state index < -0.39 is 11.7 Å². The number of nitrogens with one attached hydrogen (secondary N) is 1. The molecule has 6 heteroatoms. The summed E-state index contributed by atoms with van der Waals surface area (Å²) in [6.07, 6.45) is -3.82. The summed E-state index contributed by atoms with van der Waals surface area (Å²) < 4.78 is 38.4. The van der Waals surface area contributed by atoms with Gasteiger partial charge in [0.1, 0.15) is 0 Å². The molecule has 3 rings (SSSR count). The Hall–Kier alpha value is -2.50. The summed E-state index contributed by atoms with van der Waals surface area (Å²) in [7, 11) is 0. The Morgan fingerprint density at radius 3 is 2.67 bits per heavy atom. The van der Waals surface area contributed by atoms with Crippen molar-refractivity contribution < 1.29 is 18.0 Å². The summed E-state index contributed by atoms with van der Waals surface area (Å²) in [5.41, 5.74) is 7.64. The first-order chi connectivity index (χ1) is 11.3. The van der Waals surface area contributed by atoms with Crippen LogP contribution in [0.2, 0.25) is 0 Å². The van der Waals surface area contributed by atoms with Gasteiger partial charge >= 0.3 is 6.18 Å². The molecule has 1 fully saturated rings. The topological polar surface area (TPSA) is 55.1 Å². The lowest BCUT2D eigenvalue weighted by molar-refractivity contribution is -0.137. The second kappa shape index (κ2) is 5.85. The molecule has 0 aliphatic heterocycles. The van der Waals surface area contributed by atoms with E-state index in [0.717, 1.165) is 17.7 Å². The SMILES string of the molecule is Cc1ccc(N)cc1NC(=O)C1CC1c1cccc(C(F)(F)F)c1. The van der Waals surface area contributed by atoms with Crippen LogP contribution in [0.5, 0.6) is 0 Å². The highest BCUT2D eigenvalue weighted by Crippen LogP contribution is 2.49. The van der Waals surface area contributed by atoms with E-state index >= 15 is 0 Å². The third-order valence-corrected chi connectivity index (χ3v) is 4.29. The predicted octanol–water partition coefficient (Wildman–Crippen LogP) is 4.34. The van der Waals surface area contributed by atoms with Crippen molar-refractivity contribution in [1.82, 2.24) is 0 Å². The molecule has 2 unspecified atom stereocenters. The van der Waals surface area contributed by atoms with Gasteiger partial charge in [-0.3, -0.25) is 4.79 Å². The van der Waals surface area contributed by atoms with E-state index in [1.807, 2.05) is 13.0 Å². The van der Waals surface area contributed by atoms with E-state index in [1.165, 1.54) is 6.07 Å². The first-order valence-corrected chi connectivity index (χ1v) is 7.60. The second-order valence-corrected chi connectivity index (χ2v) is 6.14. The highest BCUT2D eigenvalue weighted by atomic mass is 19.4. The Balaban J connectivity index is 1.71. The van der Waals surface area contributed by atoms with E-state index in [1.54, 1.807) is 18.2 Å². The van der Waals surface area contributed by atoms with Gasteiger partial charge in [0.15, 0.2) is 0 Å². The minimum atomic E-state index is -4.37. The van der Waals surface area contributed by atoms with E-state index in [0.29, 0.717) is 23.4 Å². The normalized spacial score (nSPS) is 19.8. The van der Waals surface area contributed by atoms with Crippen LogP contribution < -0.4 is 11.1 Å². The first kappa shape index (κ1) is 16.4. The molecule has 2 aromatic carbocycles. The summed E-state index contributed by atoms with van der Waals surface area (Å²) in [6.45, 7) is 1.85. The molecule has 2 aromatic rings. The van der Waals surface area contributed by atoms with Gasteiger partial charge in [-0.1, -0.05) is 24.3 Å². The van der Waals surface area contributed by atoms with Crippen molar-refractivity contribution in [1.29, 1.82) is 0 Å². The number of halogens is 3. The van der Waals surface area contributed by atoms with Crippen molar-refractivity contribution in [3.63, 3.8) is 0 Å². The fourth-order valence-electron chi connectivity index (χ4n) is 2.80. The summed E-state index contributed by atoms with van der Waals surface area (Å²) in [4.78, 5) is 12.3. The van der Waals surface area contributed by atoms with E-state index in [9.17, 15) is 18.0 Å². The molecule has 1 amide bonds. The average Bonchev–Trinajstić information content (AvgIpc) is 3.31. The Morgan fingerprint density at radius 1 is 1.21 bits per heavy atom. The number of carbonyl (C=O) groups excluding carboxylic acids is 1. The van der Waals surface area contributed by atoms with Gasteiger partial charge in [-0.15, -0.1) is 0 Å². The molecule has 3 nitrogen and oxygen atoms in total. The fourth-order valence-corrected chi connectivity index (χ4v) is 2.80. The van der Waals surface area contributed by atoms with Crippen LogP contribution in [0.1, 0.15) is 29.0 Å². The molecule has 0 bridgehead atoms. The molecule has 1 saturated carbocycles. The zero-order valence-corrected chi connectivity index (χ0v) is 13.0. The summed E-state index contributed by atoms with van der Waals surface area (Å²) >= 11 is 0. The van der Waals surface area contributed by atoms with Crippen LogP contribution in [0.25, 0.3) is 0 Å². The predicted molar refractivity (Wildman–Crippen MR) is 86.5 cm³/mol. The maximum Gasteiger partial charge on any atom is 0.416 e. The van der Waals surface area contributed by atoms with Gasteiger partial charge < -0.3 is 11.1 Å². The number of carbonyl (C=O) groups is 1. The van der Waals surface area contributed by atoms with Crippen molar-refractivity contribution in [2.45, 2.75) is 25.4 Å². The number of amides is 1. The molecule has 1 aliphatic rings. The fraction of sp³-hybridized carbons (Fsp3) is 0.278. The molecule has 0 heterocycles. The Bertz CT molecular complexity index is 786. The molecule has 24 heavy (non-hydrogen) atoms. The highest BCUT2D eigenvalue weighted by molar-refractivity contribution is 5.96. The molecular formula is C18H17F3N2O. The molecule has 1 aliphatic carbocycles. The number of aryl methyl sites for hydroxylation is 1. The molecule has 2 atom stereocenters. The average molecular weight is 334 g/mol. The number of hydrogen-bond donors (Lipinski definition) is 2. The van der Waals surface area contributed by atoms with Crippen LogP contribution in [0.3, 0.4) is 0 Å². The smallest absolute Gasteiger partial charge is 0.399 e. The van der Waals surface area contributed by atoms with Crippen molar-refractivity contribution in [2.75, 3.05) is 11.1 Å². The zero-order valence-electron chi connectivity index (χ0n) is 13.0. The van der Waals surface area contributed by atoms with Crippen LogP contribution >= 0.6 is 0 Å². The highest BCUT2D eigenvalue weighted by Gasteiger charge is 2.44. The maximum absolute atomic E-state index is 12.8. The van der Waals surface area contributed by atoms with Crippen molar-refractivity contribution in [3.05, 3.63) is 59.2 Å². The van der Waals surface area contributed by atoms with Crippen LogP contribution in [-0.4, -0.2) is 5.91 Å². The Morgan fingerprint density at radius 2 is 1.96 bits per heavy atom. The lowest BCUT2D eigenvalue weighted by Crippen LogP contribution is -2.15. The Kier molecular flexibility index (Phi) is 3.99. The lowest BCUT2D eigenvalue weighted by atomic mass is 10.1. The van der Waals surface area contributed by atoms with Gasteiger partial charge in [0, 0.05) is 17.3 Å². The van der Waals surface area contributed by atoms with E-state index in [-0.39, 0.29) is 17.7 Å². The lowest BCUT2D eigenvalue weighted by Gasteiger charge is -2.10. The first-order valence-electron chi connectivity index (χ1n) is 7.60. The van der Waals surface area contributed by atoms with Crippen LogP contribution in [0, 0.1) is 12.8 Å². The number of alkyl halides is 3. The third kappa shape index (κ3) is 3.37. The number of hydrogen-bond acceptors (Lipinski definition) is 2. The van der Waals surface area contributed by atoms with Crippen molar-refractivity contribution in [2.24, 2.45) is 5.92 Å². The van der Waals surface area contributed by atoms with Gasteiger partial charge in [0.2, 0.25) is 5.91 Å². The molecule has 0 radical (unpaired) electrons. The van der Waals surface area contributed by atoms with Gasteiger partial charge in [-0.2, -0.15) is 13.2 Å². The number of nitrogens with two attached hydrogens (primary N) is 1. The van der Waals surface area contributed by atoms with Gasteiger partial charge in [-0.05, 0) is 48.6 Å². The standard InChI is InChI=1S/C18H17F3N2O/c1-10-5-6-13(22)8-16(10)23-17(24)15-9-14(15)11-3-2-4-12(7-11)18(19,20)21/h2-8,14-15H,9,22H2,1H3,(H,23,24). The van der Waals surface area contributed by atoms with Crippen molar-refractivity contribution in [3.8, 4) is 0 Å². The summed E-state index contributed by atoms with van der Waals surface area (Å²) in [5.74, 6) is -0.672. The number of nitrogen functional groups attached to an aromatic ring is 1. The quantitative estimate of drug-likeness (QED) is 0.821. The molecule has 0 saturated heterocycles. The van der Waals surface area contributed by atoms with Crippen LogP contribution in [0.4, 0.5) is 24.5 Å². The van der Waals surface area contributed by atoms with E-state index in [4.69, 9.17) is 5.73 Å².